The molecule has 11 heteroatoms. The minimum atomic E-state index is -2.82. The van der Waals surface area contributed by atoms with E-state index >= 15 is 0 Å². The van der Waals surface area contributed by atoms with Crippen molar-refractivity contribution >= 4 is 42.7 Å². The fraction of sp³-hybridized carbons (Fsp3) is 0.233. The molecule has 1 unspecified atom stereocenters. The van der Waals surface area contributed by atoms with E-state index in [2.05, 4.69) is 6.58 Å². The van der Waals surface area contributed by atoms with Crippen LogP contribution in [0.25, 0.3) is 5.57 Å². The van der Waals surface area contributed by atoms with E-state index in [0.717, 1.165) is 10.4 Å². The number of halogens is 4. The maximum atomic E-state index is 13.7. The number of nitrogens with zero attached hydrogens (tertiary/aromatic N) is 2. The van der Waals surface area contributed by atoms with E-state index in [1.807, 2.05) is 24.4 Å². The minimum absolute atomic E-state index is 0.0306. The second-order valence-corrected chi connectivity index (χ2v) is 14.8. The van der Waals surface area contributed by atoms with Gasteiger partial charge in [0.25, 0.3) is 12.4 Å². The predicted molar refractivity (Wildman–Crippen MR) is 148 cm³/mol. The maximum absolute atomic E-state index is 13.7. The summed E-state index contributed by atoms with van der Waals surface area (Å²) >= 11 is 0. The Balaban J connectivity index is 1.63. The number of ether oxygens (including phenoxy) is 1. The number of carboxylic acid groups (broad SMARTS) is 1. The SMILES string of the molecule is C=C[Si]1(C)C2=CC(=[N+]3CC(F)(F)C3)C=CC2=C(c2cc(OC=O)ccc2C(=O)O)c2ccc(N3CC(F)(F)C3)cc21. The van der Waals surface area contributed by atoms with Crippen LogP contribution in [0.2, 0.25) is 6.55 Å². The van der Waals surface area contributed by atoms with Gasteiger partial charge in [-0.1, -0.05) is 18.3 Å². The van der Waals surface area contributed by atoms with Gasteiger partial charge < -0.3 is 14.7 Å². The first kappa shape index (κ1) is 26.9. The topological polar surface area (TPSA) is 69.8 Å². The van der Waals surface area contributed by atoms with Crippen molar-refractivity contribution < 1.29 is 41.6 Å². The first-order valence-electron chi connectivity index (χ1n) is 12.9. The maximum Gasteiger partial charge on any atom is 0.361 e. The lowest BCUT2D eigenvalue weighted by molar-refractivity contribution is -0.638. The number of aromatic carboxylic acids is 1. The molecular formula is C30H25F4N2O4Si+. The number of carbonyl (C=O) groups is 2. The molecule has 4 aliphatic rings. The Kier molecular flexibility index (Phi) is 6.00. The number of hydrogen-bond acceptors (Lipinski definition) is 4. The molecule has 41 heavy (non-hydrogen) atoms. The zero-order chi connectivity index (χ0) is 29.3. The van der Waals surface area contributed by atoms with Crippen LogP contribution in [0.3, 0.4) is 0 Å². The van der Waals surface area contributed by atoms with Crippen molar-refractivity contribution in [3.05, 3.63) is 94.4 Å². The molecule has 2 saturated heterocycles. The molecule has 0 aromatic heterocycles. The number of carbonyl (C=O) groups excluding carboxylic acids is 1. The fourth-order valence-corrected chi connectivity index (χ4v) is 9.15. The molecule has 0 saturated carbocycles. The first-order valence-corrected chi connectivity index (χ1v) is 15.5. The van der Waals surface area contributed by atoms with Crippen LogP contribution in [0.1, 0.15) is 21.5 Å². The van der Waals surface area contributed by atoms with Gasteiger partial charge in [0, 0.05) is 23.4 Å². The third-order valence-electron chi connectivity index (χ3n) is 8.17. The first-order chi connectivity index (χ1) is 19.4. The van der Waals surface area contributed by atoms with Crippen LogP contribution in [0.4, 0.5) is 23.2 Å². The number of carboxylic acids is 1. The molecule has 2 aromatic carbocycles. The normalized spacial score (nSPS) is 23.5. The van der Waals surface area contributed by atoms with Crippen LogP contribution in [0.5, 0.6) is 5.75 Å². The molecule has 3 heterocycles. The molecule has 3 aliphatic heterocycles. The van der Waals surface area contributed by atoms with Gasteiger partial charge in [-0.15, -0.1) is 6.58 Å². The van der Waals surface area contributed by atoms with Gasteiger partial charge >= 0.3 is 11.9 Å². The van der Waals surface area contributed by atoms with E-state index in [1.54, 1.807) is 33.8 Å². The zero-order valence-electron chi connectivity index (χ0n) is 22.0. The summed E-state index contributed by atoms with van der Waals surface area (Å²) in [5.41, 5.74) is 5.29. The highest BCUT2D eigenvalue weighted by atomic mass is 28.3. The molecule has 1 atom stereocenters. The van der Waals surface area contributed by atoms with E-state index in [0.29, 0.717) is 33.7 Å². The summed E-state index contributed by atoms with van der Waals surface area (Å²) in [6.07, 6.45) is 5.40. The number of alkyl halides is 4. The lowest BCUT2D eigenvalue weighted by Gasteiger charge is -2.43. The standard InChI is InChI=1S/C30H24F4N2O4Si/c1-3-41(2)25-10-18(35-13-29(31,32)14-35)4-7-22(25)27(24-12-20(40-17-37)6-9-21(24)28(38)39)23-8-5-19(11-26(23)41)36-15-30(33,34)16-36/h3-12,17H,1,13-16H2,2H3/p+1. The summed E-state index contributed by atoms with van der Waals surface area (Å²) in [7, 11) is -2.82. The number of fused-ring (bicyclic) bond motifs is 2. The highest BCUT2D eigenvalue weighted by Crippen LogP contribution is 2.44. The Morgan fingerprint density at radius 1 is 1.07 bits per heavy atom. The quantitative estimate of drug-likeness (QED) is 0.238. The lowest BCUT2D eigenvalue weighted by atomic mass is 9.87. The van der Waals surface area contributed by atoms with Crippen molar-refractivity contribution in [1.29, 1.82) is 0 Å². The van der Waals surface area contributed by atoms with Gasteiger partial charge in [0.05, 0.1) is 18.7 Å². The highest BCUT2D eigenvalue weighted by Gasteiger charge is 2.52. The van der Waals surface area contributed by atoms with Gasteiger partial charge in [0.1, 0.15) is 13.8 Å². The van der Waals surface area contributed by atoms with E-state index < -0.39 is 52.1 Å². The van der Waals surface area contributed by atoms with Crippen LogP contribution >= 0.6 is 0 Å². The molecule has 1 N–H and O–H groups in total. The molecule has 0 spiro atoms. The van der Waals surface area contributed by atoms with Crippen LogP contribution < -0.4 is 14.8 Å². The smallest absolute Gasteiger partial charge is 0.361 e. The largest absolute Gasteiger partial charge is 0.478 e. The Hall–Kier alpha value is -4.25. The second kappa shape index (κ2) is 9.13. The summed E-state index contributed by atoms with van der Waals surface area (Å²) in [5.74, 6) is -6.60. The van der Waals surface area contributed by atoms with Crippen molar-refractivity contribution in [3.63, 3.8) is 0 Å². The monoisotopic (exact) mass is 581 g/mol. The van der Waals surface area contributed by atoms with Gasteiger partial charge in [-0.2, -0.15) is 8.78 Å². The Morgan fingerprint density at radius 3 is 2.41 bits per heavy atom. The van der Waals surface area contributed by atoms with Crippen LogP contribution in [0.15, 0.2) is 77.7 Å². The molecule has 2 fully saturated rings. The molecule has 210 valence electrons. The minimum Gasteiger partial charge on any atom is -0.478 e. The second-order valence-electron chi connectivity index (χ2n) is 10.9. The van der Waals surface area contributed by atoms with Gasteiger partial charge in [0.15, 0.2) is 5.71 Å². The zero-order valence-corrected chi connectivity index (χ0v) is 23.0. The lowest BCUT2D eigenvalue weighted by Crippen LogP contribution is -2.57. The van der Waals surface area contributed by atoms with Gasteiger partial charge in [-0.25, -0.2) is 18.2 Å². The van der Waals surface area contributed by atoms with Gasteiger partial charge in [-0.05, 0) is 63.5 Å². The van der Waals surface area contributed by atoms with E-state index in [-0.39, 0.29) is 17.8 Å². The molecule has 6 rings (SSSR count). The number of benzene rings is 2. The number of anilines is 1. The van der Waals surface area contributed by atoms with Crippen molar-refractivity contribution in [2.24, 2.45) is 0 Å². The Morgan fingerprint density at radius 2 is 1.80 bits per heavy atom. The van der Waals surface area contributed by atoms with E-state index in [4.69, 9.17) is 4.74 Å². The summed E-state index contributed by atoms with van der Waals surface area (Å²) in [4.78, 5) is 25.0. The average Bonchev–Trinajstić information content (AvgIpc) is 2.90. The molecular weight excluding hydrogens is 556 g/mol. The van der Waals surface area contributed by atoms with Crippen molar-refractivity contribution in [2.45, 2.75) is 18.4 Å². The summed E-state index contributed by atoms with van der Waals surface area (Å²) in [6, 6.07) is 9.62. The Labute approximate surface area is 233 Å². The Bertz CT molecular complexity index is 1660. The molecule has 0 amide bonds. The number of hydrogen-bond donors (Lipinski definition) is 1. The molecule has 0 radical (unpaired) electrons. The molecule has 6 nitrogen and oxygen atoms in total. The summed E-state index contributed by atoms with van der Waals surface area (Å²) in [6.45, 7) is 4.78. The predicted octanol–water partition coefficient (Wildman–Crippen LogP) is 4.34. The van der Waals surface area contributed by atoms with Gasteiger partial charge in [0.2, 0.25) is 13.1 Å². The fourth-order valence-electron chi connectivity index (χ4n) is 5.99. The van der Waals surface area contributed by atoms with Crippen LogP contribution in [-0.2, 0) is 4.79 Å². The number of allylic oxidation sites excluding steroid dienone is 5. The van der Waals surface area contributed by atoms with Gasteiger partial charge in [-0.3, -0.25) is 4.79 Å². The van der Waals surface area contributed by atoms with Crippen molar-refractivity contribution in [2.75, 3.05) is 31.1 Å². The third kappa shape index (κ3) is 4.35. The van der Waals surface area contributed by atoms with Crippen LogP contribution in [0, 0.1) is 0 Å². The third-order valence-corrected chi connectivity index (χ3v) is 12.0. The molecule has 2 aromatic rings. The van der Waals surface area contributed by atoms with Crippen molar-refractivity contribution in [1.82, 2.24) is 0 Å². The summed E-state index contributed by atoms with van der Waals surface area (Å²) in [5, 5.41) is 11.7. The highest BCUT2D eigenvalue weighted by molar-refractivity contribution is 7.02. The molecule has 0 bridgehead atoms. The molecule has 1 aliphatic carbocycles. The van der Waals surface area contributed by atoms with Crippen molar-refractivity contribution in [3.8, 4) is 5.75 Å². The summed E-state index contributed by atoms with van der Waals surface area (Å²) < 4.78 is 61.6. The van der Waals surface area contributed by atoms with E-state index in [1.165, 1.54) is 18.2 Å². The van der Waals surface area contributed by atoms with Crippen LogP contribution in [-0.4, -0.2) is 73.9 Å². The number of rotatable bonds is 6. The van der Waals surface area contributed by atoms with E-state index in [9.17, 15) is 32.3 Å². The average molecular weight is 582 g/mol.